The summed E-state index contributed by atoms with van der Waals surface area (Å²) in [5, 5.41) is 21.3. The first-order valence-electron chi connectivity index (χ1n) is 8.78. The van der Waals surface area contributed by atoms with Gasteiger partial charge >= 0.3 is 0 Å². The SMILES string of the molecule is COCCn1c(CO)nnc1C1CC(Nc2cnc3ccccc3n2)C1. The van der Waals surface area contributed by atoms with Crippen molar-refractivity contribution in [2.75, 3.05) is 19.0 Å². The van der Waals surface area contributed by atoms with Crippen molar-refractivity contribution < 1.29 is 9.84 Å². The van der Waals surface area contributed by atoms with Crippen LogP contribution in [0.15, 0.2) is 30.5 Å². The van der Waals surface area contributed by atoms with Gasteiger partial charge in [-0.05, 0) is 25.0 Å². The highest BCUT2D eigenvalue weighted by atomic mass is 16.5. The Bertz CT molecular complexity index is 890. The minimum atomic E-state index is -0.113. The van der Waals surface area contributed by atoms with Gasteiger partial charge in [-0.2, -0.15) is 0 Å². The molecule has 8 heteroatoms. The van der Waals surface area contributed by atoms with Crippen LogP contribution >= 0.6 is 0 Å². The Morgan fingerprint density at radius 1 is 1.23 bits per heavy atom. The average Bonchev–Trinajstić information content (AvgIpc) is 3.04. The van der Waals surface area contributed by atoms with Crippen LogP contribution in [0.3, 0.4) is 0 Å². The van der Waals surface area contributed by atoms with Crippen LogP contribution in [0.1, 0.15) is 30.4 Å². The highest BCUT2D eigenvalue weighted by Crippen LogP contribution is 2.37. The third-order valence-corrected chi connectivity index (χ3v) is 4.82. The Hall–Kier alpha value is -2.58. The molecular formula is C18H22N6O2. The molecule has 0 saturated heterocycles. The van der Waals surface area contributed by atoms with E-state index in [2.05, 4.69) is 25.5 Å². The van der Waals surface area contributed by atoms with Gasteiger partial charge in [-0.15, -0.1) is 10.2 Å². The van der Waals surface area contributed by atoms with E-state index in [0.29, 0.717) is 30.9 Å². The number of hydrogen-bond donors (Lipinski definition) is 2. The van der Waals surface area contributed by atoms with E-state index in [1.165, 1.54) is 0 Å². The second-order valence-electron chi connectivity index (χ2n) is 6.53. The molecule has 26 heavy (non-hydrogen) atoms. The molecule has 0 radical (unpaired) electrons. The van der Waals surface area contributed by atoms with Crippen molar-refractivity contribution in [1.82, 2.24) is 24.7 Å². The molecule has 136 valence electrons. The van der Waals surface area contributed by atoms with Crippen molar-refractivity contribution in [3.63, 3.8) is 0 Å². The summed E-state index contributed by atoms with van der Waals surface area (Å²) in [6, 6.07) is 8.18. The summed E-state index contributed by atoms with van der Waals surface area (Å²) in [4.78, 5) is 9.05. The van der Waals surface area contributed by atoms with Crippen LogP contribution in [0.2, 0.25) is 0 Å². The van der Waals surface area contributed by atoms with Crippen LogP contribution in [0, 0.1) is 0 Å². The molecule has 1 saturated carbocycles. The maximum atomic E-state index is 9.45. The van der Waals surface area contributed by atoms with Crippen molar-refractivity contribution in [1.29, 1.82) is 0 Å². The Labute approximate surface area is 151 Å². The lowest BCUT2D eigenvalue weighted by molar-refractivity contribution is 0.179. The summed E-state index contributed by atoms with van der Waals surface area (Å²) >= 11 is 0. The van der Waals surface area contributed by atoms with Gasteiger partial charge in [0, 0.05) is 25.6 Å². The van der Waals surface area contributed by atoms with Gasteiger partial charge in [0.05, 0.1) is 23.8 Å². The fourth-order valence-corrected chi connectivity index (χ4v) is 3.38. The van der Waals surface area contributed by atoms with Gasteiger partial charge < -0.3 is 19.7 Å². The van der Waals surface area contributed by atoms with E-state index in [0.717, 1.165) is 35.5 Å². The number of para-hydroxylation sites is 2. The summed E-state index contributed by atoms with van der Waals surface area (Å²) in [5.41, 5.74) is 1.78. The monoisotopic (exact) mass is 354 g/mol. The number of ether oxygens (including phenoxy) is 1. The van der Waals surface area contributed by atoms with Crippen molar-refractivity contribution in [3.05, 3.63) is 42.1 Å². The number of aliphatic hydroxyl groups is 1. The largest absolute Gasteiger partial charge is 0.388 e. The first-order chi connectivity index (χ1) is 12.8. The van der Waals surface area contributed by atoms with Gasteiger partial charge in [-0.1, -0.05) is 12.1 Å². The molecular weight excluding hydrogens is 332 g/mol. The van der Waals surface area contributed by atoms with E-state index in [4.69, 9.17) is 4.74 Å². The predicted octanol–water partition coefficient (Wildman–Crippen LogP) is 1.72. The molecule has 3 aromatic rings. The lowest BCUT2D eigenvalue weighted by atomic mass is 9.79. The number of rotatable bonds is 7. The molecule has 1 aromatic carbocycles. The van der Waals surface area contributed by atoms with Crippen molar-refractivity contribution >= 4 is 16.9 Å². The van der Waals surface area contributed by atoms with E-state index < -0.39 is 0 Å². The molecule has 0 aliphatic heterocycles. The fourth-order valence-electron chi connectivity index (χ4n) is 3.38. The molecule has 0 bridgehead atoms. The van der Waals surface area contributed by atoms with E-state index >= 15 is 0 Å². The molecule has 2 heterocycles. The van der Waals surface area contributed by atoms with E-state index in [9.17, 15) is 5.11 Å². The third kappa shape index (κ3) is 3.25. The number of hydrogen-bond acceptors (Lipinski definition) is 7. The standard InChI is InChI=1S/C18H22N6O2/c1-26-7-6-24-17(11-25)22-23-18(24)12-8-13(9-12)20-16-10-19-14-4-2-3-5-15(14)21-16/h2-5,10,12-13,25H,6-9,11H2,1H3,(H,20,21). The first-order valence-corrected chi connectivity index (χ1v) is 8.78. The number of aliphatic hydroxyl groups excluding tert-OH is 1. The molecule has 1 aliphatic carbocycles. The summed E-state index contributed by atoms with van der Waals surface area (Å²) in [6.45, 7) is 1.11. The molecule has 8 nitrogen and oxygen atoms in total. The first kappa shape index (κ1) is 16.9. The summed E-state index contributed by atoms with van der Waals surface area (Å²) < 4.78 is 7.12. The Morgan fingerprint density at radius 2 is 2.04 bits per heavy atom. The van der Waals surface area contributed by atoms with Crippen molar-refractivity contribution in [2.24, 2.45) is 0 Å². The van der Waals surface area contributed by atoms with Crippen LogP contribution < -0.4 is 5.32 Å². The lowest BCUT2D eigenvalue weighted by Crippen LogP contribution is -2.36. The molecule has 0 unspecified atom stereocenters. The van der Waals surface area contributed by atoms with Crippen LogP contribution in [-0.4, -0.2) is 49.6 Å². The van der Waals surface area contributed by atoms with Crippen LogP contribution in [0.25, 0.3) is 11.0 Å². The van der Waals surface area contributed by atoms with E-state index in [1.54, 1.807) is 13.3 Å². The fraction of sp³-hybridized carbons (Fsp3) is 0.444. The second kappa shape index (κ2) is 7.35. The molecule has 0 spiro atoms. The Morgan fingerprint density at radius 3 is 2.81 bits per heavy atom. The topological polar surface area (TPSA) is 98.0 Å². The minimum absolute atomic E-state index is 0.113. The quantitative estimate of drug-likeness (QED) is 0.666. The molecule has 4 rings (SSSR count). The van der Waals surface area contributed by atoms with Crippen LogP contribution in [-0.2, 0) is 17.9 Å². The average molecular weight is 354 g/mol. The minimum Gasteiger partial charge on any atom is -0.388 e. The highest BCUT2D eigenvalue weighted by molar-refractivity contribution is 5.75. The number of anilines is 1. The molecule has 0 amide bonds. The maximum Gasteiger partial charge on any atom is 0.158 e. The van der Waals surface area contributed by atoms with Gasteiger partial charge in [-0.3, -0.25) is 4.98 Å². The third-order valence-electron chi connectivity index (χ3n) is 4.82. The number of aromatic nitrogens is 5. The zero-order chi connectivity index (χ0) is 17.9. The summed E-state index contributed by atoms with van der Waals surface area (Å²) in [7, 11) is 1.66. The Balaban J connectivity index is 1.41. The molecule has 2 N–H and O–H groups in total. The zero-order valence-electron chi connectivity index (χ0n) is 14.7. The number of fused-ring (bicyclic) bond motifs is 1. The van der Waals surface area contributed by atoms with Gasteiger partial charge in [0.25, 0.3) is 0 Å². The number of nitrogens with zero attached hydrogens (tertiary/aromatic N) is 5. The smallest absolute Gasteiger partial charge is 0.158 e. The van der Waals surface area contributed by atoms with Crippen LogP contribution in [0.4, 0.5) is 5.82 Å². The van der Waals surface area contributed by atoms with Gasteiger partial charge in [0.1, 0.15) is 18.2 Å². The van der Waals surface area contributed by atoms with Gasteiger partial charge in [0.15, 0.2) is 5.82 Å². The Kier molecular flexibility index (Phi) is 4.77. The van der Waals surface area contributed by atoms with Crippen molar-refractivity contribution in [2.45, 2.75) is 38.0 Å². The molecule has 2 aromatic heterocycles. The van der Waals surface area contributed by atoms with E-state index in [1.807, 2.05) is 28.8 Å². The second-order valence-corrected chi connectivity index (χ2v) is 6.53. The summed E-state index contributed by atoms with van der Waals surface area (Å²) in [6.07, 6.45) is 3.68. The number of benzene rings is 1. The highest BCUT2D eigenvalue weighted by Gasteiger charge is 2.34. The zero-order valence-corrected chi connectivity index (χ0v) is 14.7. The molecule has 1 fully saturated rings. The van der Waals surface area contributed by atoms with Gasteiger partial charge in [0.2, 0.25) is 0 Å². The van der Waals surface area contributed by atoms with Crippen LogP contribution in [0.5, 0.6) is 0 Å². The van der Waals surface area contributed by atoms with E-state index in [-0.39, 0.29) is 6.61 Å². The predicted molar refractivity (Wildman–Crippen MR) is 96.7 cm³/mol. The number of methoxy groups -OCH3 is 1. The summed E-state index contributed by atoms with van der Waals surface area (Å²) in [5.74, 6) is 2.64. The maximum absolute atomic E-state index is 9.45. The lowest BCUT2D eigenvalue weighted by Gasteiger charge is -2.35. The van der Waals surface area contributed by atoms with Crippen molar-refractivity contribution in [3.8, 4) is 0 Å². The number of nitrogens with one attached hydrogen (secondary N) is 1. The van der Waals surface area contributed by atoms with Gasteiger partial charge in [-0.25, -0.2) is 4.98 Å². The normalized spacial score (nSPS) is 19.5. The molecule has 1 aliphatic rings. The molecule has 0 atom stereocenters.